The number of Topliss-reactive ketones (excluding diaryl/α,β-unsaturated/α-hetero) is 3. The number of ketones is 3. The lowest BCUT2D eigenvalue weighted by Crippen LogP contribution is -2.56. The van der Waals surface area contributed by atoms with Crippen molar-refractivity contribution in [3.05, 3.63) is 39.4 Å². The van der Waals surface area contributed by atoms with Crippen molar-refractivity contribution in [2.45, 2.75) is 47.5 Å². The number of benzene rings is 1. The molecule has 0 aliphatic heterocycles. The number of hydrogen-bond donors (Lipinski definition) is 0. The van der Waals surface area contributed by atoms with Gasteiger partial charge < -0.3 is 0 Å². The Hall–Kier alpha value is -1.85. The fourth-order valence-corrected chi connectivity index (χ4v) is 4.91. The molecule has 1 aromatic carbocycles. The predicted molar refractivity (Wildman–Crippen MR) is 107 cm³/mol. The van der Waals surface area contributed by atoms with E-state index in [0.717, 1.165) is 21.0 Å². The molecule has 6 heteroatoms. The number of thiazole rings is 1. The molecule has 0 bridgehead atoms. The molecule has 3 rings (SSSR count). The molecule has 142 valence electrons. The van der Waals surface area contributed by atoms with Crippen molar-refractivity contribution in [2.75, 3.05) is 0 Å². The van der Waals surface area contributed by atoms with Crippen LogP contribution in [0.4, 0.5) is 0 Å². The minimum absolute atomic E-state index is 0.333. The number of aryl methyl sites for hydroxylation is 2. The Kier molecular flexibility index (Phi) is 4.68. The molecule has 1 aromatic heterocycles. The summed E-state index contributed by atoms with van der Waals surface area (Å²) in [5.74, 6) is -2.10. The molecule has 0 N–H and O–H groups in total. The van der Waals surface area contributed by atoms with Crippen molar-refractivity contribution in [3.63, 3.8) is 0 Å². The lowest BCUT2D eigenvalue weighted by Gasteiger charge is -2.40. The van der Waals surface area contributed by atoms with Crippen LogP contribution in [0.5, 0.6) is 0 Å². The van der Waals surface area contributed by atoms with Crippen molar-refractivity contribution in [3.8, 4) is 10.6 Å². The van der Waals surface area contributed by atoms with Gasteiger partial charge >= 0.3 is 0 Å². The first-order valence-corrected chi connectivity index (χ1v) is 9.96. The topological polar surface area (TPSA) is 64.1 Å². The second-order valence-corrected chi connectivity index (χ2v) is 9.80. The second kappa shape index (κ2) is 6.35. The van der Waals surface area contributed by atoms with Crippen LogP contribution in [-0.2, 0) is 14.4 Å². The Morgan fingerprint density at radius 3 is 2.11 bits per heavy atom. The Labute approximate surface area is 168 Å². The van der Waals surface area contributed by atoms with Crippen molar-refractivity contribution < 1.29 is 14.4 Å². The zero-order chi connectivity index (χ0) is 20.3. The van der Waals surface area contributed by atoms with Crippen LogP contribution in [0.2, 0.25) is 5.02 Å². The summed E-state index contributed by atoms with van der Waals surface area (Å²) < 4.78 is 0. The molecule has 1 aliphatic rings. The summed E-state index contributed by atoms with van der Waals surface area (Å²) in [5, 5.41) is 1.32. The van der Waals surface area contributed by atoms with Gasteiger partial charge in [0.2, 0.25) is 0 Å². The molecule has 0 radical (unpaired) electrons. The van der Waals surface area contributed by atoms with Gasteiger partial charge in [0.15, 0.2) is 17.3 Å². The highest BCUT2D eigenvalue weighted by Gasteiger charge is 2.59. The summed E-state index contributed by atoms with van der Waals surface area (Å²) in [4.78, 5) is 44.3. The van der Waals surface area contributed by atoms with Crippen LogP contribution in [0.1, 0.15) is 49.7 Å². The molecule has 0 amide bonds. The minimum atomic E-state index is -1.22. The SMILES string of the molecule is Cc1ccc(Cl)cc1-c1nc(C2C(=O)C(C)(C)C(=O)C(C)(C)C2=O)c(C)s1. The van der Waals surface area contributed by atoms with Crippen molar-refractivity contribution in [1.29, 1.82) is 0 Å². The molecule has 1 aliphatic carbocycles. The number of rotatable bonds is 2. The average molecular weight is 404 g/mol. The normalized spacial score (nSPS) is 19.6. The monoisotopic (exact) mass is 403 g/mol. The Bertz CT molecular complexity index is 957. The van der Waals surface area contributed by atoms with Gasteiger partial charge in [0, 0.05) is 15.5 Å². The number of aromatic nitrogens is 1. The van der Waals surface area contributed by atoms with Gasteiger partial charge in [-0.2, -0.15) is 0 Å². The van der Waals surface area contributed by atoms with Gasteiger partial charge in [-0.3, -0.25) is 14.4 Å². The highest BCUT2D eigenvalue weighted by atomic mass is 35.5. The maximum absolute atomic E-state index is 13.1. The first-order valence-electron chi connectivity index (χ1n) is 8.76. The quantitative estimate of drug-likeness (QED) is 0.666. The molecule has 1 fully saturated rings. The van der Waals surface area contributed by atoms with E-state index in [1.165, 1.54) is 11.3 Å². The first-order chi connectivity index (χ1) is 12.4. The van der Waals surface area contributed by atoms with Gasteiger partial charge in [-0.1, -0.05) is 17.7 Å². The third-order valence-electron chi connectivity index (χ3n) is 5.43. The third kappa shape index (κ3) is 2.97. The molecule has 2 aromatic rings. The summed E-state index contributed by atoms with van der Waals surface area (Å²) in [6.07, 6.45) is 0. The smallest absolute Gasteiger partial charge is 0.162 e. The van der Waals surface area contributed by atoms with Crippen LogP contribution in [-0.4, -0.2) is 22.3 Å². The summed E-state index contributed by atoms with van der Waals surface area (Å²) in [6, 6.07) is 5.56. The van der Waals surface area contributed by atoms with E-state index in [4.69, 9.17) is 11.6 Å². The number of hydrogen-bond acceptors (Lipinski definition) is 5. The van der Waals surface area contributed by atoms with E-state index in [1.807, 2.05) is 32.0 Å². The van der Waals surface area contributed by atoms with E-state index in [1.54, 1.807) is 27.7 Å². The van der Waals surface area contributed by atoms with Crippen LogP contribution in [0, 0.1) is 24.7 Å². The zero-order valence-electron chi connectivity index (χ0n) is 16.3. The van der Waals surface area contributed by atoms with Gasteiger partial charge in [0.05, 0.1) is 16.5 Å². The Morgan fingerprint density at radius 1 is 1.00 bits per heavy atom. The summed E-state index contributed by atoms with van der Waals surface area (Å²) in [6.45, 7) is 10.2. The van der Waals surface area contributed by atoms with Crippen LogP contribution in [0.25, 0.3) is 10.6 Å². The van der Waals surface area contributed by atoms with E-state index in [-0.39, 0.29) is 17.3 Å². The van der Waals surface area contributed by atoms with E-state index in [9.17, 15) is 14.4 Å². The highest BCUT2D eigenvalue weighted by molar-refractivity contribution is 7.15. The molecule has 0 atom stereocenters. The molecule has 0 spiro atoms. The maximum atomic E-state index is 13.1. The van der Waals surface area contributed by atoms with Crippen LogP contribution in [0.15, 0.2) is 18.2 Å². The van der Waals surface area contributed by atoms with Gasteiger partial charge in [0.25, 0.3) is 0 Å². The second-order valence-electron chi connectivity index (χ2n) is 8.16. The summed E-state index contributed by atoms with van der Waals surface area (Å²) in [5.41, 5.74) is -0.0869. The number of carbonyl (C=O) groups excluding carboxylic acids is 3. The number of carbonyl (C=O) groups is 3. The van der Waals surface area contributed by atoms with Crippen LogP contribution < -0.4 is 0 Å². The minimum Gasteiger partial charge on any atom is -0.298 e. The van der Waals surface area contributed by atoms with Gasteiger partial charge in [-0.05, 0) is 59.2 Å². The molecular formula is C21H22ClNO3S. The van der Waals surface area contributed by atoms with E-state index in [2.05, 4.69) is 4.98 Å². The van der Waals surface area contributed by atoms with Gasteiger partial charge in [-0.25, -0.2) is 4.98 Å². The van der Waals surface area contributed by atoms with Crippen molar-refractivity contribution in [2.24, 2.45) is 10.8 Å². The maximum Gasteiger partial charge on any atom is 0.162 e. The first kappa shape index (κ1) is 19.9. The Balaban J connectivity index is 2.15. The molecule has 27 heavy (non-hydrogen) atoms. The van der Waals surface area contributed by atoms with Gasteiger partial charge in [0.1, 0.15) is 10.9 Å². The predicted octanol–water partition coefficient (Wildman–Crippen LogP) is 4.94. The fraction of sp³-hybridized carbons (Fsp3) is 0.429. The molecule has 4 nitrogen and oxygen atoms in total. The number of halogens is 1. The molecule has 0 unspecified atom stereocenters. The molecular weight excluding hydrogens is 382 g/mol. The highest BCUT2D eigenvalue weighted by Crippen LogP contribution is 2.46. The molecule has 1 saturated carbocycles. The standard InChI is InChI=1S/C21H22ClNO3S/c1-10-7-8-12(22)9-13(10)18-23-15(11(2)27-18)14-16(24)20(3,4)19(26)21(5,6)17(14)25/h7-9,14H,1-6H3. The lowest BCUT2D eigenvalue weighted by molar-refractivity contribution is -0.157. The largest absolute Gasteiger partial charge is 0.298 e. The molecule has 1 heterocycles. The van der Waals surface area contributed by atoms with Gasteiger partial charge in [-0.15, -0.1) is 11.3 Å². The Morgan fingerprint density at radius 2 is 1.56 bits per heavy atom. The van der Waals surface area contributed by atoms with Crippen LogP contribution in [0.3, 0.4) is 0 Å². The lowest BCUT2D eigenvalue weighted by atomic mass is 9.58. The van der Waals surface area contributed by atoms with Crippen molar-refractivity contribution in [1.82, 2.24) is 4.98 Å². The number of nitrogens with zero attached hydrogens (tertiary/aromatic N) is 1. The summed E-state index contributed by atoms with van der Waals surface area (Å²) >= 11 is 7.56. The zero-order valence-corrected chi connectivity index (χ0v) is 17.8. The van der Waals surface area contributed by atoms with E-state index in [0.29, 0.717) is 10.7 Å². The van der Waals surface area contributed by atoms with E-state index < -0.39 is 16.7 Å². The van der Waals surface area contributed by atoms with E-state index >= 15 is 0 Å². The fourth-order valence-electron chi connectivity index (χ4n) is 3.71. The third-order valence-corrected chi connectivity index (χ3v) is 6.68. The molecule has 0 saturated heterocycles. The van der Waals surface area contributed by atoms with Crippen molar-refractivity contribution >= 4 is 40.3 Å². The van der Waals surface area contributed by atoms with Crippen LogP contribution >= 0.6 is 22.9 Å². The average Bonchev–Trinajstić information content (AvgIpc) is 2.96. The summed E-state index contributed by atoms with van der Waals surface area (Å²) in [7, 11) is 0.